The first-order valence-corrected chi connectivity index (χ1v) is 9.79. The van der Waals surface area contributed by atoms with Crippen molar-refractivity contribution in [1.29, 1.82) is 0 Å². The maximum atomic E-state index is 12.1. The number of carbonyl (C=O) groups excluding carboxylic acids is 1. The smallest absolute Gasteiger partial charge is 0.251 e. The number of thiophene rings is 1. The van der Waals surface area contributed by atoms with Gasteiger partial charge in [-0.2, -0.15) is 0 Å². The molecule has 0 bridgehead atoms. The second-order valence-corrected chi connectivity index (χ2v) is 8.61. The minimum absolute atomic E-state index is 0.0886. The summed E-state index contributed by atoms with van der Waals surface area (Å²) in [5, 5.41) is 2.91. The van der Waals surface area contributed by atoms with E-state index in [9.17, 15) is 9.00 Å². The molecule has 1 heterocycles. The highest BCUT2D eigenvalue weighted by molar-refractivity contribution is 9.11. The average molecular weight is 386 g/mol. The summed E-state index contributed by atoms with van der Waals surface area (Å²) in [5.41, 5.74) is 1.54. The third-order valence-corrected chi connectivity index (χ3v) is 5.27. The van der Waals surface area contributed by atoms with Crippen molar-refractivity contribution in [3.63, 3.8) is 0 Å². The van der Waals surface area contributed by atoms with Gasteiger partial charge in [0.1, 0.15) is 0 Å². The van der Waals surface area contributed by atoms with E-state index in [2.05, 4.69) is 27.3 Å². The van der Waals surface area contributed by atoms with Gasteiger partial charge in [0.2, 0.25) is 0 Å². The van der Waals surface area contributed by atoms with Crippen molar-refractivity contribution in [2.45, 2.75) is 12.2 Å². The molecule has 6 heteroatoms. The van der Waals surface area contributed by atoms with Crippen molar-refractivity contribution in [2.75, 3.05) is 12.8 Å². The largest absolute Gasteiger partial charge is 0.352 e. The van der Waals surface area contributed by atoms with Crippen LogP contribution in [0.4, 0.5) is 0 Å². The molecule has 0 spiro atoms. The monoisotopic (exact) mass is 385 g/mol. The van der Waals surface area contributed by atoms with Crippen LogP contribution in [0.1, 0.15) is 20.8 Å². The minimum atomic E-state index is -0.901. The van der Waals surface area contributed by atoms with Crippen LogP contribution in [0.5, 0.6) is 0 Å². The number of amides is 1. The molecule has 0 saturated heterocycles. The van der Waals surface area contributed by atoms with Crippen LogP contribution in [-0.2, 0) is 23.0 Å². The van der Waals surface area contributed by atoms with E-state index in [1.807, 2.05) is 18.2 Å². The molecule has 1 aromatic carbocycles. The van der Waals surface area contributed by atoms with Crippen LogP contribution < -0.4 is 5.32 Å². The summed E-state index contributed by atoms with van der Waals surface area (Å²) in [7, 11) is -0.901. The molecule has 112 valence electrons. The summed E-state index contributed by atoms with van der Waals surface area (Å²) >= 11 is 5.10. The maximum Gasteiger partial charge on any atom is 0.251 e. The third-order valence-electron chi connectivity index (χ3n) is 2.84. The molecule has 0 aliphatic carbocycles. The quantitative estimate of drug-likeness (QED) is 0.828. The van der Waals surface area contributed by atoms with E-state index >= 15 is 0 Å². The molecule has 0 radical (unpaired) electrons. The van der Waals surface area contributed by atoms with Gasteiger partial charge < -0.3 is 5.32 Å². The van der Waals surface area contributed by atoms with E-state index < -0.39 is 10.8 Å². The minimum Gasteiger partial charge on any atom is -0.352 e. The Bertz CT molecular complexity index is 655. The molecule has 2 rings (SSSR count). The first-order chi connectivity index (χ1) is 10.0. The Morgan fingerprint density at radius 1 is 1.33 bits per heavy atom. The molecule has 1 aromatic heterocycles. The molecule has 1 amide bonds. The second kappa shape index (κ2) is 7.87. The normalized spacial score (nSPS) is 12.1. The first kappa shape index (κ1) is 16.4. The molecule has 0 fully saturated rings. The highest BCUT2D eigenvalue weighted by Crippen LogP contribution is 2.22. The lowest BCUT2D eigenvalue weighted by atomic mass is 10.1. The molecule has 21 heavy (non-hydrogen) atoms. The zero-order valence-electron chi connectivity index (χ0n) is 11.6. The van der Waals surface area contributed by atoms with Gasteiger partial charge in [0.25, 0.3) is 5.91 Å². The van der Waals surface area contributed by atoms with Crippen molar-refractivity contribution in [1.82, 2.24) is 5.32 Å². The van der Waals surface area contributed by atoms with Gasteiger partial charge in [-0.25, -0.2) is 0 Å². The van der Waals surface area contributed by atoms with Gasteiger partial charge in [0.15, 0.2) is 0 Å². The van der Waals surface area contributed by atoms with Crippen molar-refractivity contribution in [2.24, 2.45) is 0 Å². The van der Waals surface area contributed by atoms with E-state index in [1.54, 1.807) is 29.7 Å². The number of carbonyl (C=O) groups is 1. The van der Waals surface area contributed by atoms with Gasteiger partial charge >= 0.3 is 0 Å². The zero-order valence-corrected chi connectivity index (χ0v) is 14.8. The fourth-order valence-electron chi connectivity index (χ4n) is 1.92. The molecule has 2 aromatic rings. The van der Waals surface area contributed by atoms with Gasteiger partial charge in [-0.3, -0.25) is 9.00 Å². The van der Waals surface area contributed by atoms with Crippen LogP contribution in [0.15, 0.2) is 40.2 Å². The lowest BCUT2D eigenvalue weighted by Crippen LogP contribution is -2.25. The molecular formula is C15H16BrNO2S2. The zero-order chi connectivity index (χ0) is 15.2. The Balaban J connectivity index is 1.89. The van der Waals surface area contributed by atoms with Gasteiger partial charge in [-0.05, 0) is 52.2 Å². The van der Waals surface area contributed by atoms with Crippen LogP contribution >= 0.6 is 27.3 Å². The second-order valence-electron chi connectivity index (χ2n) is 4.63. The van der Waals surface area contributed by atoms with Crippen LogP contribution in [0.25, 0.3) is 0 Å². The Hall–Kier alpha value is -0.980. The number of hydrogen-bond acceptors (Lipinski definition) is 3. The highest BCUT2D eigenvalue weighted by atomic mass is 79.9. The van der Waals surface area contributed by atoms with Gasteiger partial charge in [0.05, 0.1) is 3.79 Å². The van der Waals surface area contributed by atoms with E-state index in [0.29, 0.717) is 17.9 Å². The van der Waals surface area contributed by atoms with Crippen LogP contribution in [-0.4, -0.2) is 22.9 Å². The van der Waals surface area contributed by atoms with Crippen molar-refractivity contribution in [3.05, 3.63) is 56.2 Å². The molecule has 3 nitrogen and oxygen atoms in total. The molecule has 0 aliphatic heterocycles. The fourth-order valence-corrected chi connectivity index (χ4v) is 4.06. The van der Waals surface area contributed by atoms with Crippen LogP contribution in [0.3, 0.4) is 0 Å². The SMILES string of the molecule is CS(=O)Cc1cccc(C(=O)NCCc2ccc(Br)s2)c1. The lowest BCUT2D eigenvalue weighted by Gasteiger charge is -2.06. The summed E-state index contributed by atoms with van der Waals surface area (Å²) in [4.78, 5) is 13.3. The topological polar surface area (TPSA) is 46.2 Å². The molecule has 0 saturated carbocycles. The lowest BCUT2D eigenvalue weighted by molar-refractivity contribution is 0.0954. The number of benzene rings is 1. The predicted molar refractivity (Wildman–Crippen MR) is 92.3 cm³/mol. The number of hydrogen-bond donors (Lipinski definition) is 1. The standard InChI is InChI=1S/C15H16BrNO2S2/c1-21(19)10-11-3-2-4-12(9-11)15(18)17-8-7-13-5-6-14(16)20-13/h2-6,9H,7-8,10H2,1H3,(H,17,18). The van der Waals surface area contributed by atoms with E-state index in [1.165, 1.54) is 4.88 Å². The van der Waals surface area contributed by atoms with E-state index in [4.69, 9.17) is 0 Å². The van der Waals surface area contributed by atoms with E-state index in [-0.39, 0.29) is 5.91 Å². The average Bonchev–Trinajstić information content (AvgIpc) is 2.84. The summed E-state index contributed by atoms with van der Waals surface area (Å²) in [6.45, 7) is 0.607. The van der Waals surface area contributed by atoms with E-state index in [0.717, 1.165) is 15.8 Å². The highest BCUT2D eigenvalue weighted by Gasteiger charge is 2.07. The molecular weight excluding hydrogens is 370 g/mol. The van der Waals surface area contributed by atoms with Crippen molar-refractivity contribution < 1.29 is 9.00 Å². The Morgan fingerprint density at radius 3 is 2.81 bits per heavy atom. The van der Waals surface area contributed by atoms with Crippen molar-refractivity contribution >= 4 is 44.0 Å². The van der Waals surface area contributed by atoms with Gasteiger partial charge in [-0.15, -0.1) is 11.3 Å². The van der Waals surface area contributed by atoms with Gasteiger partial charge in [-0.1, -0.05) is 12.1 Å². The molecule has 1 N–H and O–H groups in total. The maximum absolute atomic E-state index is 12.1. The van der Waals surface area contributed by atoms with Gasteiger partial charge in [0, 0.05) is 39.8 Å². The molecule has 1 unspecified atom stereocenters. The Morgan fingerprint density at radius 2 is 2.14 bits per heavy atom. The number of nitrogens with one attached hydrogen (secondary N) is 1. The predicted octanol–water partition coefficient (Wildman–Crippen LogP) is 3.36. The fraction of sp³-hybridized carbons (Fsp3) is 0.267. The first-order valence-electron chi connectivity index (χ1n) is 6.46. The Kier molecular flexibility index (Phi) is 6.14. The summed E-state index contributed by atoms with van der Waals surface area (Å²) in [6.07, 6.45) is 2.48. The third kappa shape index (κ3) is 5.37. The molecule has 0 aliphatic rings. The van der Waals surface area contributed by atoms with Crippen LogP contribution in [0, 0.1) is 0 Å². The summed E-state index contributed by atoms with van der Waals surface area (Å²) in [6, 6.07) is 11.4. The number of halogens is 1. The molecule has 1 atom stereocenters. The number of rotatable bonds is 6. The summed E-state index contributed by atoms with van der Waals surface area (Å²) < 4.78 is 12.3. The summed E-state index contributed by atoms with van der Waals surface area (Å²) in [5.74, 6) is 0.388. The van der Waals surface area contributed by atoms with Crippen LogP contribution in [0.2, 0.25) is 0 Å². The Labute approximate surface area is 139 Å². The van der Waals surface area contributed by atoms with Crippen molar-refractivity contribution in [3.8, 4) is 0 Å².